The average Bonchev–Trinajstić information content (AvgIpc) is 2.96. The number of aliphatic hydroxyl groups is 1. The van der Waals surface area contributed by atoms with Crippen molar-refractivity contribution in [3.05, 3.63) is 0 Å². The van der Waals surface area contributed by atoms with Gasteiger partial charge in [0.1, 0.15) is 12.6 Å². The molecule has 2 atom stereocenters. The largest absolute Gasteiger partial charge is 0.463 e. The van der Waals surface area contributed by atoms with Crippen molar-refractivity contribution in [1.29, 1.82) is 0 Å². The predicted molar refractivity (Wildman–Crippen MR) is 51.3 cm³/mol. The van der Waals surface area contributed by atoms with E-state index in [2.05, 4.69) is 0 Å². The maximum atomic E-state index is 11.0. The molecule has 0 aromatic heterocycles. The maximum absolute atomic E-state index is 11.0. The third kappa shape index (κ3) is 4.04. The first-order chi connectivity index (χ1) is 6.63. The van der Waals surface area contributed by atoms with Gasteiger partial charge in [0.15, 0.2) is 0 Å². The molecule has 5 heteroatoms. The number of esters is 1. The van der Waals surface area contributed by atoms with E-state index in [9.17, 15) is 4.79 Å². The molecule has 1 rings (SSSR count). The van der Waals surface area contributed by atoms with Gasteiger partial charge in [-0.1, -0.05) is 12.8 Å². The summed E-state index contributed by atoms with van der Waals surface area (Å²) in [7, 11) is 0. The summed E-state index contributed by atoms with van der Waals surface area (Å²) in [5, 5.41) is 8.57. The number of carbonyl (C=O) groups is 1. The first kappa shape index (κ1) is 11.4. The number of ether oxygens (including phenoxy) is 1. The molecule has 1 saturated carbocycles. The first-order valence-corrected chi connectivity index (χ1v) is 4.92. The fourth-order valence-corrected chi connectivity index (χ4v) is 1.22. The van der Waals surface area contributed by atoms with Crippen LogP contribution in [0, 0.1) is 5.92 Å². The van der Waals surface area contributed by atoms with Crippen molar-refractivity contribution in [2.24, 2.45) is 17.4 Å². The van der Waals surface area contributed by atoms with Crippen LogP contribution in [0.5, 0.6) is 0 Å². The van der Waals surface area contributed by atoms with E-state index in [0.717, 1.165) is 12.3 Å². The Morgan fingerprint density at radius 3 is 2.64 bits per heavy atom. The van der Waals surface area contributed by atoms with Crippen molar-refractivity contribution in [3.63, 3.8) is 0 Å². The van der Waals surface area contributed by atoms with Gasteiger partial charge in [0.25, 0.3) is 0 Å². The van der Waals surface area contributed by atoms with Gasteiger partial charge in [0.05, 0.1) is 6.61 Å². The Balaban J connectivity index is 2.08. The maximum Gasteiger partial charge on any atom is 0.325 e. The summed E-state index contributed by atoms with van der Waals surface area (Å²) >= 11 is 0. The Kier molecular flexibility index (Phi) is 4.31. The molecule has 0 saturated heterocycles. The number of aliphatic hydroxyl groups excluding tert-OH is 1. The zero-order chi connectivity index (χ0) is 10.6. The smallest absolute Gasteiger partial charge is 0.325 e. The minimum absolute atomic E-state index is 0.0997. The van der Waals surface area contributed by atoms with Crippen LogP contribution < -0.4 is 11.5 Å². The molecule has 1 aliphatic rings. The van der Waals surface area contributed by atoms with E-state index >= 15 is 0 Å². The predicted octanol–water partition coefficient (Wildman–Crippen LogP) is -1.02. The minimum atomic E-state index is -0.942. The summed E-state index contributed by atoms with van der Waals surface area (Å²) < 4.78 is 4.84. The molecular formula is C9H18N2O3. The number of rotatable bonds is 6. The van der Waals surface area contributed by atoms with Crippen molar-refractivity contribution in [3.8, 4) is 0 Å². The van der Waals surface area contributed by atoms with Gasteiger partial charge in [0.2, 0.25) is 0 Å². The quantitative estimate of drug-likeness (QED) is 0.479. The molecule has 0 amide bonds. The molecule has 1 aliphatic carbocycles. The summed E-state index contributed by atoms with van der Waals surface area (Å²) in [5.41, 5.74) is 11.0. The van der Waals surface area contributed by atoms with E-state index in [4.69, 9.17) is 21.3 Å². The van der Waals surface area contributed by atoms with E-state index in [0.29, 0.717) is 0 Å². The third-order valence-corrected chi connectivity index (χ3v) is 2.27. The molecule has 0 radical (unpaired) electrons. The van der Waals surface area contributed by atoms with E-state index in [1.54, 1.807) is 0 Å². The number of nitrogens with two attached hydrogens (primary N) is 2. The molecule has 82 valence electrons. The van der Waals surface area contributed by atoms with Gasteiger partial charge >= 0.3 is 5.97 Å². The van der Waals surface area contributed by atoms with Gasteiger partial charge in [-0.05, 0) is 12.3 Å². The van der Waals surface area contributed by atoms with E-state index in [1.165, 1.54) is 12.8 Å². The lowest BCUT2D eigenvalue weighted by Crippen LogP contribution is -2.38. The molecule has 0 aliphatic heterocycles. The van der Waals surface area contributed by atoms with Crippen LogP contribution in [0.1, 0.15) is 19.3 Å². The molecule has 0 spiro atoms. The van der Waals surface area contributed by atoms with Crippen molar-refractivity contribution < 1.29 is 14.6 Å². The fraction of sp³-hybridized carbons (Fsp3) is 0.889. The van der Waals surface area contributed by atoms with E-state index in [-0.39, 0.29) is 12.6 Å². The standard InChI is InChI=1S/C9H18N2O3/c10-7(3-6-1-2-6)5-14-9(13)8(11)4-12/h6-8,12H,1-5,10-11H2/t7?,8-/m0/s1. The third-order valence-electron chi connectivity index (χ3n) is 2.27. The van der Waals surface area contributed by atoms with Gasteiger partial charge in [0, 0.05) is 6.04 Å². The number of hydrogen-bond donors (Lipinski definition) is 3. The highest BCUT2D eigenvalue weighted by Gasteiger charge is 2.24. The van der Waals surface area contributed by atoms with Gasteiger partial charge in [-0.3, -0.25) is 4.79 Å². The molecular weight excluding hydrogens is 184 g/mol. The molecule has 0 heterocycles. The van der Waals surface area contributed by atoms with Crippen molar-refractivity contribution >= 4 is 5.97 Å². The summed E-state index contributed by atoms with van der Waals surface area (Å²) in [6, 6.07) is -1.04. The molecule has 5 N–H and O–H groups in total. The topological polar surface area (TPSA) is 98.6 Å². The summed E-state index contributed by atoms with van der Waals surface area (Å²) in [4.78, 5) is 11.0. The van der Waals surface area contributed by atoms with Gasteiger partial charge in [-0.25, -0.2) is 0 Å². The second-order valence-corrected chi connectivity index (χ2v) is 3.86. The Bertz CT molecular complexity index is 194. The molecule has 5 nitrogen and oxygen atoms in total. The minimum Gasteiger partial charge on any atom is -0.463 e. The molecule has 1 fully saturated rings. The first-order valence-electron chi connectivity index (χ1n) is 4.92. The van der Waals surface area contributed by atoms with Crippen LogP contribution >= 0.6 is 0 Å². The number of hydrogen-bond acceptors (Lipinski definition) is 5. The van der Waals surface area contributed by atoms with Crippen LogP contribution in [0.2, 0.25) is 0 Å². The Hall–Kier alpha value is -0.650. The van der Waals surface area contributed by atoms with Gasteiger partial charge in [-0.2, -0.15) is 0 Å². The van der Waals surface area contributed by atoms with Crippen LogP contribution in [-0.4, -0.2) is 36.4 Å². The van der Waals surface area contributed by atoms with Crippen LogP contribution in [-0.2, 0) is 9.53 Å². The zero-order valence-electron chi connectivity index (χ0n) is 8.19. The SMILES string of the molecule is NC(COC(=O)[C@@H](N)CO)CC1CC1. The summed E-state index contributed by atoms with van der Waals surface area (Å²) in [6.07, 6.45) is 3.37. The molecule has 1 unspecified atom stereocenters. The fourth-order valence-electron chi connectivity index (χ4n) is 1.22. The van der Waals surface area contributed by atoms with Crippen LogP contribution in [0.4, 0.5) is 0 Å². The van der Waals surface area contributed by atoms with E-state index in [1.807, 2.05) is 0 Å². The monoisotopic (exact) mass is 202 g/mol. The summed E-state index contributed by atoms with van der Waals surface area (Å²) in [5.74, 6) is 0.133. The average molecular weight is 202 g/mol. The summed E-state index contributed by atoms with van der Waals surface area (Å²) in [6.45, 7) is -0.195. The second-order valence-electron chi connectivity index (χ2n) is 3.86. The normalized spacial score (nSPS) is 20.2. The number of carbonyl (C=O) groups excluding carboxylic acids is 1. The highest BCUT2D eigenvalue weighted by atomic mass is 16.5. The van der Waals surface area contributed by atoms with Crippen molar-refractivity contribution in [2.45, 2.75) is 31.3 Å². The van der Waals surface area contributed by atoms with Gasteiger partial charge in [-0.15, -0.1) is 0 Å². The Morgan fingerprint density at radius 1 is 1.50 bits per heavy atom. The Morgan fingerprint density at radius 2 is 2.14 bits per heavy atom. The van der Waals surface area contributed by atoms with Crippen LogP contribution in [0.15, 0.2) is 0 Å². The van der Waals surface area contributed by atoms with E-state index < -0.39 is 18.6 Å². The zero-order valence-corrected chi connectivity index (χ0v) is 8.19. The molecule has 0 bridgehead atoms. The second kappa shape index (κ2) is 5.29. The lowest BCUT2D eigenvalue weighted by atomic mass is 10.1. The Labute approximate surface area is 83.4 Å². The molecule has 14 heavy (non-hydrogen) atoms. The lowest BCUT2D eigenvalue weighted by Gasteiger charge is -2.13. The highest BCUT2D eigenvalue weighted by Crippen LogP contribution is 2.33. The van der Waals surface area contributed by atoms with Crippen molar-refractivity contribution in [2.75, 3.05) is 13.2 Å². The van der Waals surface area contributed by atoms with Crippen molar-refractivity contribution in [1.82, 2.24) is 0 Å². The lowest BCUT2D eigenvalue weighted by molar-refractivity contribution is -0.146. The molecule has 0 aromatic rings. The van der Waals surface area contributed by atoms with Gasteiger partial charge < -0.3 is 21.3 Å². The highest BCUT2D eigenvalue weighted by molar-refractivity contribution is 5.75. The molecule has 0 aromatic carbocycles. The van der Waals surface area contributed by atoms with Crippen LogP contribution in [0.3, 0.4) is 0 Å². The van der Waals surface area contributed by atoms with Crippen LogP contribution in [0.25, 0.3) is 0 Å².